The van der Waals surface area contributed by atoms with E-state index in [1.165, 1.54) is 0 Å². The zero-order valence-corrected chi connectivity index (χ0v) is 12.8. The minimum absolute atomic E-state index is 0.253. The van der Waals surface area contributed by atoms with Crippen molar-refractivity contribution in [2.75, 3.05) is 13.7 Å². The predicted molar refractivity (Wildman–Crippen MR) is 84.0 cm³/mol. The lowest BCUT2D eigenvalue weighted by Gasteiger charge is -2.09. The maximum atomic E-state index is 11.9. The van der Waals surface area contributed by atoms with E-state index in [1.54, 1.807) is 31.4 Å². The summed E-state index contributed by atoms with van der Waals surface area (Å²) in [5.74, 6) is 0.483. The lowest BCUT2D eigenvalue weighted by Crippen LogP contribution is -2.39. The Kier molecular flexibility index (Phi) is 6.06. The predicted octanol–water partition coefficient (Wildman–Crippen LogP) is 2.09. The molecular formula is C12H13IN2O2S. The number of amides is 1. The molecule has 0 saturated heterocycles. The number of hydrogen-bond acceptors (Lipinski definition) is 3. The summed E-state index contributed by atoms with van der Waals surface area (Å²) in [7, 11) is 1.59. The summed E-state index contributed by atoms with van der Waals surface area (Å²) in [5.41, 5.74) is 0.531. The van der Waals surface area contributed by atoms with Crippen LogP contribution >= 0.6 is 34.8 Å². The molecule has 0 heterocycles. The van der Waals surface area contributed by atoms with Gasteiger partial charge in [0.25, 0.3) is 5.91 Å². The van der Waals surface area contributed by atoms with Crippen LogP contribution in [0.15, 0.2) is 30.9 Å². The topological polar surface area (TPSA) is 50.4 Å². The average Bonchev–Trinajstić information content (AvgIpc) is 2.36. The molecule has 0 aliphatic heterocycles. The van der Waals surface area contributed by atoms with Crippen LogP contribution in [0.3, 0.4) is 0 Å². The smallest absolute Gasteiger partial charge is 0.257 e. The van der Waals surface area contributed by atoms with Gasteiger partial charge in [-0.05, 0) is 53.0 Å². The Hall–Kier alpha value is -1.15. The first kappa shape index (κ1) is 14.9. The Bertz CT molecular complexity index is 477. The van der Waals surface area contributed by atoms with E-state index in [2.05, 4.69) is 39.8 Å². The van der Waals surface area contributed by atoms with E-state index in [0.29, 0.717) is 12.1 Å². The van der Waals surface area contributed by atoms with Crippen molar-refractivity contribution in [3.05, 3.63) is 40.0 Å². The highest BCUT2D eigenvalue weighted by molar-refractivity contribution is 14.1. The number of thiocarbonyl (C=S) groups is 1. The Morgan fingerprint density at radius 2 is 2.33 bits per heavy atom. The van der Waals surface area contributed by atoms with E-state index in [1.807, 2.05) is 0 Å². The third kappa shape index (κ3) is 4.26. The van der Waals surface area contributed by atoms with Gasteiger partial charge in [-0.1, -0.05) is 6.08 Å². The van der Waals surface area contributed by atoms with Crippen molar-refractivity contribution >= 4 is 45.8 Å². The summed E-state index contributed by atoms with van der Waals surface area (Å²) in [6, 6.07) is 5.17. The molecular weight excluding hydrogens is 363 g/mol. The maximum Gasteiger partial charge on any atom is 0.257 e. The summed E-state index contributed by atoms with van der Waals surface area (Å²) < 4.78 is 5.99. The number of nitrogens with one attached hydrogen (secondary N) is 2. The van der Waals surface area contributed by atoms with Crippen molar-refractivity contribution in [1.82, 2.24) is 10.6 Å². The van der Waals surface area contributed by atoms with Gasteiger partial charge in [-0.25, -0.2) is 0 Å². The van der Waals surface area contributed by atoms with Crippen molar-refractivity contribution in [3.8, 4) is 5.75 Å². The molecule has 0 atom stereocenters. The summed E-state index contributed by atoms with van der Waals surface area (Å²) in [6.07, 6.45) is 1.66. The number of carbonyl (C=O) groups excluding carboxylic acids is 1. The second-order valence-corrected chi connectivity index (χ2v) is 4.87. The molecule has 0 fully saturated rings. The summed E-state index contributed by atoms with van der Waals surface area (Å²) in [5, 5.41) is 5.69. The molecule has 0 aromatic heterocycles. The Balaban J connectivity index is 2.69. The van der Waals surface area contributed by atoms with Gasteiger partial charge in [-0.2, -0.15) is 0 Å². The van der Waals surface area contributed by atoms with Crippen molar-refractivity contribution < 1.29 is 9.53 Å². The lowest BCUT2D eigenvalue weighted by atomic mass is 10.2. The molecule has 4 nitrogen and oxygen atoms in total. The van der Waals surface area contributed by atoms with Gasteiger partial charge in [0, 0.05) is 12.1 Å². The van der Waals surface area contributed by atoms with Crippen LogP contribution in [0.4, 0.5) is 0 Å². The van der Waals surface area contributed by atoms with Crippen LogP contribution in [0.25, 0.3) is 0 Å². The molecule has 0 radical (unpaired) electrons. The van der Waals surface area contributed by atoms with Crippen molar-refractivity contribution in [2.24, 2.45) is 0 Å². The van der Waals surface area contributed by atoms with E-state index >= 15 is 0 Å². The molecule has 0 spiro atoms. The fraction of sp³-hybridized carbons (Fsp3) is 0.167. The number of halogens is 1. The molecule has 96 valence electrons. The summed E-state index contributed by atoms with van der Waals surface area (Å²) in [6.45, 7) is 4.06. The third-order valence-electron chi connectivity index (χ3n) is 2.05. The molecule has 18 heavy (non-hydrogen) atoms. The van der Waals surface area contributed by atoms with E-state index < -0.39 is 0 Å². The molecule has 0 aliphatic rings. The first-order valence-electron chi connectivity index (χ1n) is 5.12. The monoisotopic (exact) mass is 376 g/mol. The van der Waals surface area contributed by atoms with Gasteiger partial charge in [0.1, 0.15) is 5.75 Å². The summed E-state index contributed by atoms with van der Waals surface area (Å²) in [4.78, 5) is 11.9. The molecule has 0 saturated carbocycles. The number of methoxy groups -OCH3 is 1. The maximum absolute atomic E-state index is 11.9. The number of benzene rings is 1. The zero-order chi connectivity index (χ0) is 13.5. The van der Waals surface area contributed by atoms with Gasteiger partial charge in [0.05, 0.1) is 10.7 Å². The van der Waals surface area contributed by atoms with Gasteiger partial charge in [-0.15, -0.1) is 6.58 Å². The highest BCUT2D eigenvalue weighted by atomic mass is 127. The lowest BCUT2D eigenvalue weighted by molar-refractivity contribution is 0.0976. The number of hydrogen-bond donors (Lipinski definition) is 2. The molecule has 1 aromatic carbocycles. The minimum Gasteiger partial charge on any atom is -0.496 e. The van der Waals surface area contributed by atoms with Gasteiger partial charge in [0.2, 0.25) is 0 Å². The van der Waals surface area contributed by atoms with Crippen molar-refractivity contribution in [1.29, 1.82) is 0 Å². The van der Waals surface area contributed by atoms with E-state index in [9.17, 15) is 4.79 Å². The molecule has 1 aromatic rings. The molecule has 0 aliphatic carbocycles. The normalized spacial score (nSPS) is 9.44. The minimum atomic E-state index is -0.253. The van der Waals surface area contributed by atoms with Gasteiger partial charge in [-0.3, -0.25) is 10.1 Å². The standard InChI is InChI=1S/C12H13IN2O2S/c1-3-6-14-12(18)15-11(16)8-4-5-10(17-2)9(13)7-8/h3-5,7H,1,6H2,2H3,(H2,14,15,16,18). The van der Waals surface area contributed by atoms with Gasteiger partial charge >= 0.3 is 0 Å². The van der Waals surface area contributed by atoms with Crippen LogP contribution in [0.2, 0.25) is 0 Å². The van der Waals surface area contributed by atoms with Crippen molar-refractivity contribution in [2.45, 2.75) is 0 Å². The van der Waals surface area contributed by atoms with E-state index in [0.717, 1.165) is 9.32 Å². The molecule has 0 bridgehead atoms. The van der Waals surface area contributed by atoms with E-state index in [4.69, 9.17) is 17.0 Å². The highest BCUT2D eigenvalue weighted by Crippen LogP contribution is 2.21. The van der Waals surface area contributed by atoms with Crippen molar-refractivity contribution in [3.63, 3.8) is 0 Å². The van der Waals surface area contributed by atoms with Crippen LogP contribution in [-0.2, 0) is 0 Å². The van der Waals surface area contributed by atoms with Crippen LogP contribution in [-0.4, -0.2) is 24.7 Å². The average molecular weight is 376 g/mol. The van der Waals surface area contributed by atoms with Crippen LogP contribution < -0.4 is 15.4 Å². The van der Waals surface area contributed by atoms with Gasteiger partial charge in [0.15, 0.2) is 5.11 Å². The Labute approximate surface area is 125 Å². The number of carbonyl (C=O) groups is 1. The Morgan fingerprint density at radius 1 is 1.61 bits per heavy atom. The molecule has 0 unspecified atom stereocenters. The second-order valence-electron chi connectivity index (χ2n) is 3.30. The fourth-order valence-corrected chi connectivity index (χ4v) is 2.10. The fourth-order valence-electron chi connectivity index (χ4n) is 1.19. The second kappa shape index (κ2) is 7.32. The zero-order valence-electron chi connectivity index (χ0n) is 9.83. The SMILES string of the molecule is C=CCNC(=S)NC(=O)c1ccc(OC)c(I)c1. The largest absolute Gasteiger partial charge is 0.496 e. The number of ether oxygens (including phenoxy) is 1. The van der Waals surface area contributed by atoms with Crippen LogP contribution in [0.1, 0.15) is 10.4 Å². The Morgan fingerprint density at radius 3 is 2.89 bits per heavy atom. The third-order valence-corrected chi connectivity index (χ3v) is 3.14. The molecule has 1 rings (SSSR count). The molecule has 2 N–H and O–H groups in total. The van der Waals surface area contributed by atoms with Crippen LogP contribution in [0, 0.1) is 3.57 Å². The number of rotatable bonds is 4. The molecule has 6 heteroatoms. The molecule has 1 amide bonds. The highest BCUT2D eigenvalue weighted by Gasteiger charge is 2.09. The first-order valence-corrected chi connectivity index (χ1v) is 6.60. The van der Waals surface area contributed by atoms with Gasteiger partial charge < -0.3 is 10.1 Å². The van der Waals surface area contributed by atoms with Crippen LogP contribution in [0.5, 0.6) is 5.75 Å². The summed E-state index contributed by atoms with van der Waals surface area (Å²) >= 11 is 7.07. The quantitative estimate of drug-likeness (QED) is 0.480. The first-order chi connectivity index (χ1) is 8.58. The van der Waals surface area contributed by atoms with E-state index in [-0.39, 0.29) is 11.0 Å².